The number of aliphatic hydroxyl groups excluding tert-OH is 2. The second-order valence-electron chi connectivity index (χ2n) is 5.50. The monoisotopic (exact) mass is 274 g/mol. The van der Waals surface area contributed by atoms with Crippen molar-refractivity contribution in [3.8, 4) is 0 Å². The Morgan fingerprint density at radius 1 is 1.00 bits per heavy atom. The van der Waals surface area contributed by atoms with Crippen LogP contribution in [0.15, 0.2) is 0 Å². The van der Waals surface area contributed by atoms with Gasteiger partial charge in [0.15, 0.2) is 6.29 Å². The van der Waals surface area contributed by atoms with E-state index in [1.165, 1.54) is 25.7 Å². The molecular weight excluding hydrogens is 248 g/mol. The lowest BCUT2D eigenvalue weighted by Crippen LogP contribution is -2.39. The molecule has 0 aromatic carbocycles. The summed E-state index contributed by atoms with van der Waals surface area (Å²) in [5, 5.41) is 19.2. The average molecular weight is 274 g/mol. The minimum atomic E-state index is -0.864. The molecule has 2 aliphatic rings. The van der Waals surface area contributed by atoms with Crippen LogP contribution in [0.25, 0.3) is 0 Å². The molecule has 0 spiro atoms. The molecule has 2 N–H and O–H groups in total. The van der Waals surface area contributed by atoms with Crippen LogP contribution in [-0.2, 0) is 14.2 Å². The quantitative estimate of drug-likeness (QED) is 0.683. The number of rotatable bonds is 7. The van der Waals surface area contributed by atoms with Gasteiger partial charge in [-0.1, -0.05) is 32.6 Å². The standard InChI is InChI=1S/C14H26O5/c1-2-3-4-5-6-7-12-17-9-11(19-12)14-13(16)10(15)8-18-14/h10-16H,2-9H2,1H3/t10-,11?,12?,13?,14-/m1/s1. The van der Waals surface area contributed by atoms with Crippen molar-refractivity contribution in [2.45, 2.75) is 76.2 Å². The summed E-state index contributed by atoms with van der Waals surface area (Å²) in [7, 11) is 0. The molecule has 0 bridgehead atoms. The predicted octanol–water partition coefficient (Wildman–Crippen LogP) is 1.21. The molecule has 112 valence electrons. The first-order valence-electron chi connectivity index (χ1n) is 7.47. The van der Waals surface area contributed by atoms with Crippen LogP contribution in [0.2, 0.25) is 0 Å². The van der Waals surface area contributed by atoms with Crippen molar-refractivity contribution in [2.75, 3.05) is 13.2 Å². The Labute approximate surface area is 114 Å². The van der Waals surface area contributed by atoms with Gasteiger partial charge in [-0.3, -0.25) is 0 Å². The first kappa shape index (κ1) is 15.2. The van der Waals surface area contributed by atoms with Crippen molar-refractivity contribution in [2.24, 2.45) is 0 Å². The summed E-state index contributed by atoms with van der Waals surface area (Å²) in [6, 6.07) is 0. The van der Waals surface area contributed by atoms with Gasteiger partial charge >= 0.3 is 0 Å². The van der Waals surface area contributed by atoms with Crippen molar-refractivity contribution in [1.82, 2.24) is 0 Å². The van der Waals surface area contributed by atoms with Gasteiger partial charge in [0.1, 0.15) is 24.4 Å². The van der Waals surface area contributed by atoms with Gasteiger partial charge in [0.25, 0.3) is 0 Å². The Balaban J connectivity index is 1.63. The van der Waals surface area contributed by atoms with Crippen molar-refractivity contribution >= 4 is 0 Å². The maximum absolute atomic E-state index is 9.77. The van der Waals surface area contributed by atoms with Crippen LogP contribution in [0.3, 0.4) is 0 Å². The summed E-state index contributed by atoms with van der Waals surface area (Å²) in [5.41, 5.74) is 0. The van der Waals surface area contributed by atoms with Gasteiger partial charge in [-0.25, -0.2) is 0 Å². The lowest BCUT2D eigenvalue weighted by molar-refractivity contribution is -0.103. The van der Waals surface area contributed by atoms with Gasteiger partial charge in [-0.15, -0.1) is 0 Å². The van der Waals surface area contributed by atoms with E-state index in [1.54, 1.807) is 0 Å². The third-order valence-corrected chi connectivity index (χ3v) is 3.87. The highest BCUT2D eigenvalue weighted by molar-refractivity contribution is 4.90. The number of aliphatic hydroxyl groups is 2. The zero-order chi connectivity index (χ0) is 13.7. The normalized spacial score (nSPS) is 39.0. The summed E-state index contributed by atoms with van der Waals surface area (Å²) in [6.45, 7) is 2.82. The topological polar surface area (TPSA) is 68.2 Å². The molecule has 2 heterocycles. The molecule has 5 heteroatoms. The fourth-order valence-corrected chi connectivity index (χ4v) is 2.67. The second kappa shape index (κ2) is 7.55. The van der Waals surface area contributed by atoms with Crippen LogP contribution in [0, 0.1) is 0 Å². The molecular formula is C14H26O5. The smallest absolute Gasteiger partial charge is 0.158 e. The molecule has 5 nitrogen and oxygen atoms in total. The molecule has 0 aliphatic carbocycles. The molecule has 0 radical (unpaired) electrons. The molecule has 19 heavy (non-hydrogen) atoms. The minimum absolute atomic E-state index is 0.174. The van der Waals surface area contributed by atoms with E-state index < -0.39 is 18.3 Å². The first-order chi connectivity index (χ1) is 9.22. The first-order valence-corrected chi connectivity index (χ1v) is 7.47. The maximum Gasteiger partial charge on any atom is 0.158 e. The van der Waals surface area contributed by atoms with Crippen LogP contribution in [0.5, 0.6) is 0 Å². The van der Waals surface area contributed by atoms with Crippen molar-refractivity contribution < 1.29 is 24.4 Å². The Kier molecular flexibility index (Phi) is 6.04. The Bertz CT molecular complexity index is 260. The number of hydrogen-bond acceptors (Lipinski definition) is 5. The summed E-state index contributed by atoms with van der Waals surface area (Å²) in [6.07, 6.45) is 4.45. The van der Waals surface area contributed by atoms with Gasteiger partial charge in [0.05, 0.1) is 13.2 Å². The molecule has 0 aromatic heterocycles. The van der Waals surface area contributed by atoms with Crippen molar-refractivity contribution in [1.29, 1.82) is 0 Å². The zero-order valence-corrected chi connectivity index (χ0v) is 11.7. The van der Waals surface area contributed by atoms with Crippen LogP contribution < -0.4 is 0 Å². The Morgan fingerprint density at radius 3 is 2.47 bits per heavy atom. The molecule has 3 unspecified atom stereocenters. The predicted molar refractivity (Wildman–Crippen MR) is 69.7 cm³/mol. The fraction of sp³-hybridized carbons (Fsp3) is 1.00. The van der Waals surface area contributed by atoms with E-state index in [9.17, 15) is 10.2 Å². The van der Waals surface area contributed by atoms with Gasteiger partial charge in [0, 0.05) is 0 Å². The summed E-state index contributed by atoms with van der Waals surface area (Å²) in [4.78, 5) is 0. The minimum Gasteiger partial charge on any atom is -0.388 e. The Hall–Kier alpha value is -0.200. The molecule has 5 atom stereocenters. The Morgan fingerprint density at radius 2 is 1.79 bits per heavy atom. The third kappa shape index (κ3) is 4.13. The molecule has 2 aliphatic heterocycles. The molecule has 2 fully saturated rings. The van der Waals surface area contributed by atoms with Crippen molar-refractivity contribution in [3.05, 3.63) is 0 Å². The van der Waals surface area contributed by atoms with E-state index >= 15 is 0 Å². The zero-order valence-electron chi connectivity index (χ0n) is 11.7. The molecule has 2 saturated heterocycles. The largest absolute Gasteiger partial charge is 0.388 e. The summed E-state index contributed by atoms with van der Waals surface area (Å²) < 4.78 is 16.7. The second-order valence-corrected chi connectivity index (χ2v) is 5.50. The molecule has 0 saturated carbocycles. The van der Waals surface area contributed by atoms with E-state index in [2.05, 4.69) is 6.92 Å². The highest BCUT2D eigenvalue weighted by atomic mass is 16.7. The lowest BCUT2D eigenvalue weighted by Gasteiger charge is -2.20. The SMILES string of the molecule is CCCCCCCC1OCC([C@H]2OC[C@@H](O)C2O)O1. The van der Waals surface area contributed by atoms with E-state index in [0.717, 1.165) is 12.8 Å². The maximum atomic E-state index is 9.77. The van der Waals surface area contributed by atoms with E-state index in [4.69, 9.17) is 14.2 Å². The fourth-order valence-electron chi connectivity index (χ4n) is 2.67. The summed E-state index contributed by atoms with van der Waals surface area (Å²) >= 11 is 0. The lowest BCUT2D eigenvalue weighted by atomic mass is 10.1. The third-order valence-electron chi connectivity index (χ3n) is 3.87. The molecule has 0 amide bonds. The van der Waals surface area contributed by atoms with Gasteiger partial charge < -0.3 is 24.4 Å². The highest BCUT2D eigenvalue weighted by Crippen LogP contribution is 2.26. The van der Waals surface area contributed by atoms with Crippen LogP contribution in [-0.4, -0.2) is 54.1 Å². The van der Waals surface area contributed by atoms with Crippen LogP contribution in [0.1, 0.15) is 45.4 Å². The van der Waals surface area contributed by atoms with Crippen LogP contribution >= 0.6 is 0 Å². The van der Waals surface area contributed by atoms with Crippen molar-refractivity contribution in [3.63, 3.8) is 0 Å². The number of ether oxygens (including phenoxy) is 3. The van der Waals surface area contributed by atoms with Gasteiger partial charge in [-0.2, -0.15) is 0 Å². The van der Waals surface area contributed by atoms with Gasteiger partial charge in [-0.05, 0) is 12.8 Å². The number of hydrogen-bond donors (Lipinski definition) is 2. The van der Waals surface area contributed by atoms with E-state index in [-0.39, 0.29) is 19.0 Å². The number of unbranched alkanes of at least 4 members (excludes halogenated alkanes) is 4. The average Bonchev–Trinajstić information content (AvgIpc) is 2.98. The molecule has 0 aromatic rings. The van der Waals surface area contributed by atoms with Gasteiger partial charge in [0.2, 0.25) is 0 Å². The van der Waals surface area contributed by atoms with Crippen LogP contribution in [0.4, 0.5) is 0 Å². The summed E-state index contributed by atoms with van der Waals surface area (Å²) in [5.74, 6) is 0. The highest BCUT2D eigenvalue weighted by Gasteiger charge is 2.43. The molecule has 2 rings (SSSR count). The van der Waals surface area contributed by atoms with E-state index in [1.807, 2.05) is 0 Å². The van der Waals surface area contributed by atoms with E-state index in [0.29, 0.717) is 6.61 Å².